The Morgan fingerprint density at radius 1 is 1.22 bits per heavy atom. The monoisotopic (exact) mass is 510 g/mol. The molecule has 4 heterocycles. The average molecular weight is 510 g/mol. The molecule has 1 aliphatic heterocycles. The summed E-state index contributed by atoms with van der Waals surface area (Å²) >= 11 is 0. The van der Waals surface area contributed by atoms with Crippen LogP contribution in [0.5, 0.6) is 5.75 Å². The highest BCUT2D eigenvalue weighted by Crippen LogP contribution is 2.43. The Labute approximate surface area is 209 Å². The zero-order chi connectivity index (χ0) is 26.2. The van der Waals surface area contributed by atoms with Crippen LogP contribution < -0.4 is 4.74 Å². The van der Waals surface area contributed by atoms with Crippen molar-refractivity contribution in [2.45, 2.75) is 25.1 Å². The summed E-state index contributed by atoms with van der Waals surface area (Å²) < 4.78 is 61.6. The number of nitrogens with one attached hydrogen (secondary N) is 1. The van der Waals surface area contributed by atoms with Crippen molar-refractivity contribution in [1.29, 1.82) is 0 Å². The van der Waals surface area contributed by atoms with Crippen molar-refractivity contribution in [3.8, 4) is 28.1 Å². The average Bonchev–Trinajstić information content (AvgIpc) is 3.51. The van der Waals surface area contributed by atoms with E-state index in [1.165, 1.54) is 24.7 Å². The van der Waals surface area contributed by atoms with Gasteiger partial charge in [0.2, 0.25) is 5.91 Å². The Kier molecular flexibility index (Phi) is 6.41. The maximum absolute atomic E-state index is 15.1. The molecule has 4 aromatic rings. The van der Waals surface area contributed by atoms with Crippen molar-refractivity contribution in [2.24, 2.45) is 0 Å². The molecule has 1 aliphatic rings. The molecule has 190 valence electrons. The third-order valence-corrected chi connectivity index (χ3v) is 6.44. The van der Waals surface area contributed by atoms with Gasteiger partial charge in [0, 0.05) is 35.6 Å². The molecule has 3 aromatic heterocycles. The molecule has 0 radical (unpaired) electrons. The van der Waals surface area contributed by atoms with Crippen molar-refractivity contribution in [3.05, 3.63) is 79.0 Å². The number of amides is 1. The first-order valence-electron chi connectivity index (χ1n) is 11.6. The van der Waals surface area contributed by atoms with Crippen LogP contribution in [-0.4, -0.2) is 45.0 Å². The van der Waals surface area contributed by atoms with E-state index >= 15 is 4.39 Å². The van der Waals surface area contributed by atoms with Crippen LogP contribution in [0.4, 0.5) is 17.6 Å². The number of halogens is 4. The minimum atomic E-state index is -4.65. The molecule has 6 nitrogen and oxygen atoms in total. The van der Waals surface area contributed by atoms with Crippen LogP contribution in [0.25, 0.3) is 33.4 Å². The molecule has 37 heavy (non-hydrogen) atoms. The molecule has 0 aliphatic carbocycles. The van der Waals surface area contributed by atoms with Crippen molar-refractivity contribution in [1.82, 2.24) is 19.9 Å². The molecule has 0 bridgehead atoms. The second kappa shape index (κ2) is 9.68. The molecule has 1 fully saturated rings. The summed E-state index contributed by atoms with van der Waals surface area (Å²) in [7, 11) is 0. The topological polar surface area (TPSA) is 71.1 Å². The summed E-state index contributed by atoms with van der Waals surface area (Å²) in [4.78, 5) is 25.5. The third-order valence-electron chi connectivity index (χ3n) is 6.44. The standard InChI is InChI=1S/C27H22F4N4O2/c1-2-23(36)35-12-4-5-17(35)15-37-22-14-32-11-9-18(22)25-24(26-21(34-25)6-3-10-33-26)19-13-16(27(29,30)31)7-8-20(19)28/h2-3,6-11,13-14,17,34H,1,4-5,12,15H2/t17-/m0/s1. The molecule has 1 saturated heterocycles. The number of pyridine rings is 2. The number of carbonyl (C=O) groups is 1. The highest BCUT2D eigenvalue weighted by atomic mass is 19.4. The summed E-state index contributed by atoms with van der Waals surface area (Å²) in [5.74, 6) is -0.663. The Hall–Kier alpha value is -4.21. The lowest BCUT2D eigenvalue weighted by atomic mass is 9.98. The molecule has 5 rings (SSSR count). The van der Waals surface area contributed by atoms with Crippen LogP contribution in [0.3, 0.4) is 0 Å². The molecule has 1 aromatic carbocycles. The summed E-state index contributed by atoms with van der Waals surface area (Å²) in [5, 5.41) is 0. The molecule has 0 unspecified atom stereocenters. The number of rotatable bonds is 6. The predicted octanol–water partition coefficient (Wildman–Crippen LogP) is 6.01. The number of fused-ring (bicyclic) bond motifs is 1. The first kappa shape index (κ1) is 24.5. The van der Waals surface area contributed by atoms with Gasteiger partial charge in [-0.3, -0.25) is 14.8 Å². The van der Waals surface area contributed by atoms with Gasteiger partial charge in [-0.1, -0.05) is 6.58 Å². The fourth-order valence-electron chi connectivity index (χ4n) is 4.68. The highest BCUT2D eigenvalue weighted by Gasteiger charge is 2.33. The Balaban J connectivity index is 1.60. The van der Waals surface area contributed by atoms with E-state index in [4.69, 9.17) is 4.74 Å². The molecule has 1 N–H and O–H groups in total. The van der Waals surface area contributed by atoms with E-state index < -0.39 is 17.6 Å². The maximum Gasteiger partial charge on any atom is 0.416 e. The zero-order valence-electron chi connectivity index (χ0n) is 19.6. The van der Waals surface area contributed by atoms with Crippen molar-refractivity contribution in [3.63, 3.8) is 0 Å². The van der Waals surface area contributed by atoms with Gasteiger partial charge in [-0.25, -0.2) is 4.39 Å². The Morgan fingerprint density at radius 2 is 2.05 bits per heavy atom. The van der Waals surface area contributed by atoms with E-state index in [-0.39, 0.29) is 29.7 Å². The minimum Gasteiger partial charge on any atom is -0.489 e. The number of nitrogens with zero attached hydrogens (tertiary/aromatic N) is 3. The Bertz CT molecular complexity index is 1480. The lowest BCUT2D eigenvalue weighted by Crippen LogP contribution is -2.38. The van der Waals surface area contributed by atoms with Gasteiger partial charge >= 0.3 is 6.18 Å². The molecular weight excluding hydrogens is 488 g/mol. The Morgan fingerprint density at radius 3 is 2.84 bits per heavy atom. The van der Waals surface area contributed by atoms with Crippen molar-refractivity contribution >= 4 is 16.9 Å². The zero-order valence-corrected chi connectivity index (χ0v) is 19.6. The molecule has 1 amide bonds. The minimum absolute atomic E-state index is 0.164. The van der Waals surface area contributed by atoms with Gasteiger partial charge in [-0.05, 0) is 55.3 Å². The van der Waals surface area contributed by atoms with Gasteiger partial charge in [-0.15, -0.1) is 0 Å². The van der Waals surface area contributed by atoms with Crippen LogP contribution in [0.2, 0.25) is 0 Å². The second-order valence-corrected chi connectivity index (χ2v) is 8.68. The van der Waals surface area contributed by atoms with E-state index in [1.54, 1.807) is 23.1 Å². The number of carbonyl (C=O) groups excluding carboxylic acids is 1. The number of likely N-dealkylation sites (tertiary alicyclic amines) is 1. The number of alkyl halides is 3. The number of hydrogen-bond acceptors (Lipinski definition) is 4. The molecule has 0 spiro atoms. The van der Waals surface area contributed by atoms with E-state index in [0.717, 1.165) is 25.0 Å². The molecule has 0 saturated carbocycles. The summed E-state index contributed by atoms with van der Waals surface area (Å²) in [6.07, 6.45) is 2.69. The largest absolute Gasteiger partial charge is 0.489 e. The molecular formula is C27H22F4N4O2. The number of benzene rings is 1. The predicted molar refractivity (Wildman–Crippen MR) is 130 cm³/mol. The quantitative estimate of drug-likeness (QED) is 0.255. The summed E-state index contributed by atoms with van der Waals surface area (Å²) in [6, 6.07) is 7.15. The van der Waals surface area contributed by atoms with Gasteiger partial charge in [-0.2, -0.15) is 13.2 Å². The van der Waals surface area contributed by atoms with Crippen LogP contribution in [0, 0.1) is 5.82 Å². The van der Waals surface area contributed by atoms with E-state index in [2.05, 4.69) is 21.5 Å². The maximum atomic E-state index is 15.1. The van der Waals surface area contributed by atoms with E-state index in [0.29, 0.717) is 40.7 Å². The van der Waals surface area contributed by atoms with Crippen LogP contribution in [-0.2, 0) is 11.0 Å². The lowest BCUT2D eigenvalue weighted by molar-refractivity contribution is -0.137. The SMILES string of the molecule is C=CC(=O)N1CCC[C@H]1COc1cnccc1-c1[nH]c2cccnc2c1-c1cc(C(F)(F)F)ccc1F. The van der Waals surface area contributed by atoms with E-state index in [9.17, 15) is 18.0 Å². The van der Waals surface area contributed by atoms with Crippen LogP contribution >= 0.6 is 0 Å². The molecule has 10 heteroatoms. The van der Waals surface area contributed by atoms with Crippen molar-refractivity contribution in [2.75, 3.05) is 13.2 Å². The normalized spacial score (nSPS) is 15.8. The van der Waals surface area contributed by atoms with Crippen molar-refractivity contribution < 1.29 is 27.1 Å². The first-order valence-corrected chi connectivity index (χ1v) is 11.6. The van der Waals surface area contributed by atoms with Gasteiger partial charge in [0.25, 0.3) is 0 Å². The number of hydrogen-bond donors (Lipinski definition) is 1. The van der Waals surface area contributed by atoms with Crippen LogP contribution in [0.15, 0.2) is 67.6 Å². The fourth-order valence-corrected chi connectivity index (χ4v) is 4.68. The lowest BCUT2D eigenvalue weighted by Gasteiger charge is -2.24. The fraction of sp³-hybridized carbons (Fsp3) is 0.222. The van der Waals surface area contributed by atoms with Gasteiger partial charge < -0.3 is 14.6 Å². The molecule has 1 atom stereocenters. The highest BCUT2D eigenvalue weighted by molar-refractivity contribution is 6.02. The smallest absolute Gasteiger partial charge is 0.416 e. The summed E-state index contributed by atoms with van der Waals surface area (Å²) in [6.45, 7) is 4.33. The number of H-pyrrole nitrogens is 1. The third kappa shape index (κ3) is 4.66. The van der Waals surface area contributed by atoms with Gasteiger partial charge in [0.05, 0.1) is 34.5 Å². The van der Waals surface area contributed by atoms with Gasteiger partial charge in [0.1, 0.15) is 18.2 Å². The van der Waals surface area contributed by atoms with Gasteiger partial charge in [0.15, 0.2) is 0 Å². The van der Waals surface area contributed by atoms with E-state index in [1.807, 2.05) is 0 Å². The first-order chi connectivity index (χ1) is 17.8. The number of aromatic amines is 1. The van der Waals surface area contributed by atoms with Crippen LogP contribution in [0.1, 0.15) is 18.4 Å². The number of aromatic nitrogens is 3. The summed E-state index contributed by atoms with van der Waals surface area (Å²) in [5.41, 5.74) is 0.618. The second-order valence-electron chi connectivity index (χ2n) is 8.68. The number of ether oxygens (including phenoxy) is 1.